The van der Waals surface area contributed by atoms with Gasteiger partial charge in [0.15, 0.2) is 0 Å². The van der Waals surface area contributed by atoms with Gasteiger partial charge >= 0.3 is 5.97 Å². The summed E-state index contributed by atoms with van der Waals surface area (Å²) in [6, 6.07) is 8.09. The predicted molar refractivity (Wildman–Crippen MR) is 73.3 cm³/mol. The Hall–Kier alpha value is -1.59. The van der Waals surface area contributed by atoms with E-state index in [0.29, 0.717) is 13.0 Å². The Labute approximate surface area is 112 Å². The van der Waals surface area contributed by atoms with E-state index in [4.69, 9.17) is 5.11 Å². The van der Waals surface area contributed by atoms with Gasteiger partial charge < -0.3 is 20.4 Å². The zero-order valence-corrected chi connectivity index (χ0v) is 11.2. The third-order valence-corrected chi connectivity index (χ3v) is 3.65. The maximum absolute atomic E-state index is 10.9. The van der Waals surface area contributed by atoms with Gasteiger partial charge in [0.05, 0.1) is 12.0 Å². The van der Waals surface area contributed by atoms with Crippen LogP contribution in [0, 0.1) is 5.92 Å². The molecule has 1 saturated heterocycles. The van der Waals surface area contributed by atoms with Crippen LogP contribution in [0.15, 0.2) is 24.3 Å². The van der Waals surface area contributed by atoms with Crippen molar-refractivity contribution in [3.63, 3.8) is 0 Å². The van der Waals surface area contributed by atoms with Crippen LogP contribution in [0.2, 0.25) is 0 Å². The number of aliphatic carboxylic acids is 1. The lowest BCUT2D eigenvalue weighted by atomic mass is 9.88. The molecule has 2 rings (SSSR count). The highest BCUT2D eigenvalue weighted by Crippen LogP contribution is 2.27. The maximum Gasteiger partial charge on any atom is 0.310 e. The summed E-state index contributed by atoms with van der Waals surface area (Å²) in [5.74, 6) is -1.65. The largest absolute Gasteiger partial charge is 0.481 e. The molecule has 5 heteroatoms. The summed E-state index contributed by atoms with van der Waals surface area (Å²) in [6.45, 7) is 0.302. The first kappa shape index (κ1) is 13.8. The molecule has 3 N–H and O–H groups in total. The van der Waals surface area contributed by atoms with E-state index in [0.717, 1.165) is 11.3 Å². The third kappa shape index (κ3) is 3.05. The van der Waals surface area contributed by atoms with Crippen molar-refractivity contribution in [2.75, 3.05) is 25.5 Å². The first-order valence-electron chi connectivity index (χ1n) is 6.40. The average Bonchev–Trinajstić information content (AvgIpc) is 2.38. The molecule has 1 fully saturated rings. The minimum atomic E-state index is -0.943. The minimum Gasteiger partial charge on any atom is -0.481 e. The molecule has 0 aliphatic carbocycles. The van der Waals surface area contributed by atoms with Crippen molar-refractivity contribution >= 4 is 11.7 Å². The van der Waals surface area contributed by atoms with Gasteiger partial charge in [0.25, 0.3) is 0 Å². The second kappa shape index (κ2) is 5.59. The number of aliphatic hydroxyl groups is 1. The molecule has 1 aliphatic rings. The number of carboxylic acid groups (broad SMARTS) is 1. The zero-order valence-electron chi connectivity index (χ0n) is 11.2. The molecule has 5 nitrogen and oxygen atoms in total. The third-order valence-electron chi connectivity index (χ3n) is 3.65. The number of aliphatic hydroxyl groups excluding tert-OH is 1. The highest BCUT2D eigenvalue weighted by molar-refractivity contribution is 5.71. The maximum atomic E-state index is 10.9. The lowest BCUT2D eigenvalue weighted by Crippen LogP contribution is -2.45. The van der Waals surface area contributed by atoms with Crippen molar-refractivity contribution in [1.82, 2.24) is 5.32 Å². The molecule has 1 aliphatic heterocycles. The molecule has 0 radical (unpaired) electrons. The topological polar surface area (TPSA) is 72.8 Å². The second-order valence-corrected chi connectivity index (χ2v) is 5.19. The highest BCUT2D eigenvalue weighted by atomic mass is 16.4. The lowest BCUT2D eigenvalue weighted by Gasteiger charge is -2.32. The van der Waals surface area contributed by atoms with Crippen LogP contribution >= 0.6 is 0 Å². The Bertz CT molecular complexity index is 445. The number of hydrogen-bond acceptors (Lipinski definition) is 4. The van der Waals surface area contributed by atoms with E-state index in [1.165, 1.54) is 0 Å². The van der Waals surface area contributed by atoms with Crippen LogP contribution in [0.5, 0.6) is 0 Å². The standard InChI is InChI=1S/C14H20N2O3/c1-16(2)10-5-3-9(4-6-10)12-7-13(17)11(8-15-12)14(18)19/h3-6,11-13,15,17H,7-8H2,1-2H3,(H,18,19). The molecule has 0 bridgehead atoms. The fraction of sp³-hybridized carbons (Fsp3) is 0.500. The molecule has 0 saturated carbocycles. The average molecular weight is 264 g/mol. The minimum absolute atomic E-state index is 0.0156. The number of benzene rings is 1. The van der Waals surface area contributed by atoms with Crippen LogP contribution in [0.4, 0.5) is 5.69 Å². The van der Waals surface area contributed by atoms with Crippen molar-refractivity contribution in [2.24, 2.45) is 5.92 Å². The summed E-state index contributed by atoms with van der Waals surface area (Å²) < 4.78 is 0. The van der Waals surface area contributed by atoms with Crippen LogP contribution < -0.4 is 10.2 Å². The van der Waals surface area contributed by atoms with Gasteiger partial charge in [-0.1, -0.05) is 12.1 Å². The predicted octanol–water partition coefficient (Wildman–Crippen LogP) is 0.849. The fourth-order valence-corrected chi connectivity index (χ4v) is 2.40. The van der Waals surface area contributed by atoms with Gasteiger partial charge in [-0.2, -0.15) is 0 Å². The molecular formula is C14H20N2O3. The Balaban J connectivity index is 2.06. The number of carboxylic acids is 1. The van der Waals surface area contributed by atoms with Crippen LogP contribution in [0.1, 0.15) is 18.0 Å². The number of carbonyl (C=O) groups is 1. The quantitative estimate of drug-likeness (QED) is 0.755. The van der Waals surface area contributed by atoms with Crippen LogP contribution in [-0.4, -0.2) is 42.9 Å². The lowest BCUT2D eigenvalue weighted by molar-refractivity contribution is -0.147. The summed E-state index contributed by atoms with van der Waals surface area (Å²) in [4.78, 5) is 12.9. The van der Waals surface area contributed by atoms with E-state index < -0.39 is 18.0 Å². The second-order valence-electron chi connectivity index (χ2n) is 5.19. The summed E-state index contributed by atoms with van der Waals surface area (Å²) in [6.07, 6.45) is -0.365. The van der Waals surface area contributed by atoms with Gasteiger partial charge in [0.1, 0.15) is 0 Å². The monoisotopic (exact) mass is 264 g/mol. The van der Waals surface area contributed by atoms with Gasteiger partial charge in [-0.25, -0.2) is 0 Å². The SMILES string of the molecule is CN(C)c1ccc(C2CC(O)C(C(=O)O)CN2)cc1. The molecule has 19 heavy (non-hydrogen) atoms. The smallest absolute Gasteiger partial charge is 0.310 e. The van der Waals surface area contributed by atoms with Crippen LogP contribution in [0.25, 0.3) is 0 Å². The Kier molecular flexibility index (Phi) is 4.07. The Morgan fingerprint density at radius 1 is 1.32 bits per heavy atom. The molecule has 3 unspecified atom stereocenters. The highest BCUT2D eigenvalue weighted by Gasteiger charge is 2.33. The number of nitrogens with zero attached hydrogens (tertiary/aromatic N) is 1. The van der Waals surface area contributed by atoms with Crippen molar-refractivity contribution in [3.8, 4) is 0 Å². The molecule has 0 spiro atoms. The Morgan fingerprint density at radius 3 is 2.42 bits per heavy atom. The van der Waals surface area contributed by atoms with Gasteiger partial charge in [0, 0.05) is 32.4 Å². The van der Waals surface area contributed by atoms with Crippen molar-refractivity contribution < 1.29 is 15.0 Å². The normalized spacial score (nSPS) is 27.0. The van der Waals surface area contributed by atoms with E-state index in [-0.39, 0.29) is 6.04 Å². The summed E-state index contributed by atoms with van der Waals surface area (Å²) in [5, 5.41) is 22.0. The summed E-state index contributed by atoms with van der Waals surface area (Å²) in [7, 11) is 3.96. The van der Waals surface area contributed by atoms with E-state index in [1.54, 1.807) is 0 Å². The number of nitrogens with one attached hydrogen (secondary N) is 1. The van der Waals surface area contributed by atoms with Gasteiger partial charge in [-0.05, 0) is 24.1 Å². The first-order valence-corrected chi connectivity index (χ1v) is 6.40. The number of anilines is 1. The van der Waals surface area contributed by atoms with E-state index >= 15 is 0 Å². The Morgan fingerprint density at radius 2 is 1.95 bits per heavy atom. The van der Waals surface area contributed by atoms with E-state index in [9.17, 15) is 9.90 Å². The molecule has 1 aromatic rings. The zero-order chi connectivity index (χ0) is 14.0. The van der Waals surface area contributed by atoms with Crippen LogP contribution in [-0.2, 0) is 4.79 Å². The van der Waals surface area contributed by atoms with Crippen LogP contribution in [0.3, 0.4) is 0 Å². The molecule has 3 atom stereocenters. The van der Waals surface area contributed by atoms with Crippen molar-refractivity contribution in [1.29, 1.82) is 0 Å². The van der Waals surface area contributed by atoms with Crippen molar-refractivity contribution in [3.05, 3.63) is 29.8 Å². The summed E-state index contributed by atoms with van der Waals surface area (Å²) >= 11 is 0. The number of piperidine rings is 1. The van der Waals surface area contributed by atoms with Gasteiger partial charge in [-0.15, -0.1) is 0 Å². The molecule has 0 aromatic heterocycles. The van der Waals surface area contributed by atoms with E-state index in [2.05, 4.69) is 5.32 Å². The molecule has 0 amide bonds. The fourth-order valence-electron chi connectivity index (χ4n) is 2.40. The molecule has 1 aromatic carbocycles. The van der Waals surface area contributed by atoms with Crippen molar-refractivity contribution in [2.45, 2.75) is 18.6 Å². The first-order chi connectivity index (χ1) is 8.99. The number of hydrogen-bond donors (Lipinski definition) is 3. The van der Waals surface area contributed by atoms with E-state index in [1.807, 2.05) is 43.3 Å². The molecular weight excluding hydrogens is 244 g/mol. The molecule has 1 heterocycles. The van der Waals surface area contributed by atoms with Gasteiger partial charge in [-0.3, -0.25) is 4.79 Å². The molecule has 104 valence electrons. The number of rotatable bonds is 3. The summed E-state index contributed by atoms with van der Waals surface area (Å²) in [5.41, 5.74) is 2.19. The van der Waals surface area contributed by atoms with Gasteiger partial charge in [0.2, 0.25) is 0 Å².